The normalized spacial score (nSPS) is 10.3. The lowest BCUT2D eigenvalue weighted by Gasteiger charge is -2.22. The van der Waals surface area contributed by atoms with Crippen molar-refractivity contribution in [2.45, 2.75) is 20.0 Å². The average molecular weight is 315 g/mol. The number of rotatable bonds is 7. The van der Waals surface area contributed by atoms with E-state index in [1.165, 1.54) is 12.1 Å². The van der Waals surface area contributed by atoms with Crippen molar-refractivity contribution in [3.05, 3.63) is 72.3 Å². The SMILES string of the molecule is C=CCN(Cc1cccn1Cc1cccc(F)c1)C(=O)NCC. The summed E-state index contributed by atoms with van der Waals surface area (Å²) in [5.41, 5.74) is 1.87. The maximum atomic E-state index is 13.3. The zero-order chi connectivity index (χ0) is 16.7. The number of nitrogens with one attached hydrogen (secondary N) is 1. The van der Waals surface area contributed by atoms with Gasteiger partial charge in [0.2, 0.25) is 0 Å². The van der Waals surface area contributed by atoms with Gasteiger partial charge in [-0.25, -0.2) is 9.18 Å². The van der Waals surface area contributed by atoms with Gasteiger partial charge in [0.25, 0.3) is 0 Å². The number of hydrogen-bond donors (Lipinski definition) is 1. The minimum atomic E-state index is -0.244. The van der Waals surface area contributed by atoms with E-state index in [1.807, 2.05) is 35.9 Å². The zero-order valence-corrected chi connectivity index (χ0v) is 13.3. The van der Waals surface area contributed by atoms with Crippen LogP contribution < -0.4 is 5.32 Å². The number of urea groups is 1. The molecule has 0 bridgehead atoms. The molecule has 2 amide bonds. The Balaban J connectivity index is 2.12. The van der Waals surface area contributed by atoms with Crippen LogP contribution in [0.3, 0.4) is 0 Å². The average Bonchev–Trinajstić information content (AvgIpc) is 2.94. The fraction of sp³-hybridized carbons (Fsp3) is 0.278. The van der Waals surface area contributed by atoms with Crippen LogP contribution in [0, 0.1) is 5.82 Å². The molecule has 2 aromatic rings. The summed E-state index contributed by atoms with van der Waals surface area (Å²) in [7, 11) is 0. The first-order chi connectivity index (χ1) is 11.1. The molecule has 1 N–H and O–H groups in total. The molecule has 0 saturated heterocycles. The molecule has 0 spiro atoms. The van der Waals surface area contributed by atoms with Gasteiger partial charge in [0.1, 0.15) is 5.82 Å². The van der Waals surface area contributed by atoms with E-state index in [9.17, 15) is 9.18 Å². The Kier molecular flexibility index (Phi) is 5.97. The summed E-state index contributed by atoms with van der Waals surface area (Å²) in [6.07, 6.45) is 3.64. The molecule has 0 aliphatic heterocycles. The van der Waals surface area contributed by atoms with E-state index >= 15 is 0 Å². The van der Waals surface area contributed by atoms with E-state index < -0.39 is 0 Å². The Morgan fingerprint density at radius 3 is 2.91 bits per heavy atom. The number of halogens is 1. The molecule has 1 aromatic heterocycles. The van der Waals surface area contributed by atoms with Gasteiger partial charge in [-0.3, -0.25) is 0 Å². The monoisotopic (exact) mass is 315 g/mol. The van der Waals surface area contributed by atoms with Crippen molar-refractivity contribution in [3.63, 3.8) is 0 Å². The van der Waals surface area contributed by atoms with Crippen molar-refractivity contribution >= 4 is 6.03 Å². The Morgan fingerprint density at radius 2 is 2.22 bits per heavy atom. The fourth-order valence-electron chi connectivity index (χ4n) is 2.41. The lowest BCUT2D eigenvalue weighted by atomic mass is 10.2. The van der Waals surface area contributed by atoms with E-state index in [4.69, 9.17) is 0 Å². The highest BCUT2D eigenvalue weighted by molar-refractivity contribution is 5.74. The molecule has 0 aliphatic carbocycles. The summed E-state index contributed by atoms with van der Waals surface area (Å²) < 4.78 is 15.3. The minimum absolute atomic E-state index is 0.120. The zero-order valence-electron chi connectivity index (χ0n) is 13.3. The van der Waals surface area contributed by atoms with Crippen LogP contribution in [0.25, 0.3) is 0 Å². The van der Waals surface area contributed by atoms with Crippen molar-refractivity contribution < 1.29 is 9.18 Å². The summed E-state index contributed by atoms with van der Waals surface area (Å²) in [5, 5.41) is 2.80. The number of benzene rings is 1. The molecule has 0 saturated carbocycles. The Labute approximate surface area is 136 Å². The predicted molar refractivity (Wildman–Crippen MR) is 89.6 cm³/mol. The van der Waals surface area contributed by atoms with Crippen LogP contribution in [-0.2, 0) is 13.1 Å². The quantitative estimate of drug-likeness (QED) is 0.781. The second-order valence-corrected chi connectivity index (χ2v) is 5.26. The number of nitrogens with zero attached hydrogens (tertiary/aromatic N) is 2. The van der Waals surface area contributed by atoms with Crippen molar-refractivity contribution in [1.82, 2.24) is 14.8 Å². The molecular formula is C18H22FN3O. The van der Waals surface area contributed by atoms with E-state index in [-0.39, 0.29) is 11.8 Å². The smallest absolute Gasteiger partial charge is 0.318 e. The summed E-state index contributed by atoms with van der Waals surface area (Å²) >= 11 is 0. The van der Waals surface area contributed by atoms with E-state index in [2.05, 4.69) is 11.9 Å². The number of aromatic nitrogens is 1. The molecule has 122 valence electrons. The first kappa shape index (κ1) is 16.8. The van der Waals surface area contributed by atoms with Gasteiger partial charge < -0.3 is 14.8 Å². The minimum Gasteiger partial charge on any atom is -0.345 e. The van der Waals surface area contributed by atoms with Crippen LogP contribution in [0.15, 0.2) is 55.3 Å². The molecule has 4 nitrogen and oxygen atoms in total. The topological polar surface area (TPSA) is 37.3 Å². The number of carbonyl (C=O) groups is 1. The molecule has 5 heteroatoms. The number of carbonyl (C=O) groups excluding carboxylic acids is 1. The Morgan fingerprint density at radius 1 is 1.39 bits per heavy atom. The van der Waals surface area contributed by atoms with Crippen molar-refractivity contribution in [2.24, 2.45) is 0 Å². The Bertz CT molecular complexity index is 666. The second-order valence-electron chi connectivity index (χ2n) is 5.26. The van der Waals surface area contributed by atoms with E-state index in [1.54, 1.807) is 17.0 Å². The largest absolute Gasteiger partial charge is 0.345 e. The van der Waals surface area contributed by atoms with Gasteiger partial charge in [-0.05, 0) is 36.8 Å². The molecule has 1 aromatic carbocycles. The van der Waals surface area contributed by atoms with Crippen LogP contribution in [0.5, 0.6) is 0 Å². The lowest BCUT2D eigenvalue weighted by molar-refractivity contribution is 0.200. The van der Waals surface area contributed by atoms with Crippen molar-refractivity contribution in [2.75, 3.05) is 13.1 Å². The highest BCUT2D eigenvalue weighted by atomic mass is 19.1. The molecule has 2 rings (SSSR count). The maximum absolute atomic E-state index is 13.3. The van der Waals surface area contributed by atoms with Gasteiger partial charge in [-0.2, -0.15) is 0 Å². The molecule has 0 unspecified atom stereocenters. The first-order valence-electron chi connectivity index (χ1n) is 7.66. The number of hydrogen-bond acceptors (Lipinski definition) is 1. The highest BCUT2D eigenvalue weighted by Gasteiger charge is 2.13. The highest BCUT2D eigenvalue weighted by Crippen LogP contribution is 2.12. The van der Waals surface area contributed by atoms with E-state index in [0.29, 0.717) is 26.2 Å². The molecule has 1 heterocycles. The van der Waals surface area contributed by atoms with Gasteiger partial charge in [0.05, 0.1) is 6.54 Å². The maximum Gasteiger partial charge on any atom is 0.318 e. The standard InChI is InChI=1S/C18H22FN3O/c1-3-10-22(18(23)20-4-2)14-17-9-6-11-21(17)13-15-7-5-8-16(19)12-15/h3,5-9,11-12H,1,4,10,13-14H2,2H3,(H,20,23). The van der Waals surface area contributed by atoms with Gasteiger partial charge >= 0.3 is 6.03 Å². The van der Waals surface area contributed by atoms with Gasteiger partial charge in [-0.15, -0.1) is 6.58 Å². The predicted octanol–water partition coefficient (Wildman–Crippen LogP) is 3.39. The fourth-order valence-corrected chi connectivity index (χ4v) is 2.41. The van der Waals surface area contributed by atoms with Gasteiger partial charge in [0.15, 0.2) is 0 Å². The van der Waals surface area contributed by atoms with Gasteiger partial charge in [-0.1, -0.05) is 18.2 Å². The van der Waals surface area contributed by atoms with Crippen LogP contribution in [0.4, 0.5) is 9.18 Å². The summed E-state index contributed by atoms with van der Waals surface area (Å²) in [5.74, 6) is -0.244. The third-order valence-electron chi connectivity index (χ3n) is 3.48. The molecule has 23 heavy (non-hydrogen) atoms. The lowest BCUT2D eigenvalue weighted by Crippen LogP contribution is -2.39. The summed E-state index contributed by atoms with van der Waals surface area (Å²) in [6, 6.07) is 10.3. The molecule has 0 fully saturated rings. The molecule has 0 aliphatic rings. The molecule has 0 radical (unpaired) electrons. The van der Waals surface area contributed by atoms with Crippen LogP contribution >= 0.6 is 0 Å². The van der Waals surface area contributed by atoms with Gasteiger partial charge in [0, 0.05) is 31.5 Å². The molecular weight excluding hydrogens is 293 g/mol. The third-order valence-corrected chi connectivity index (χ3v) is 3.48. The first-order valence-corrected chi connectivity index (χ1v) is 7.66. The van der Waals surface area contributed by atoms with Crippen LogP contribution in [0.2, 0.25) is 0 Å². The number of amides is 2. The summed E-state index contributed by atoms with van der Waals surface area (Å²) in [4.78, 5) is 13.8. The molecule has 0 atom stereocenters. The van der Waals surface area contributed by atoms with Crippen LogP contribution in [-0.4, -0.2) is 28.6 Å². The van der Waals surface area contributed by atoms with Crippen LogP contribution in [0.1, 0.15) is 18.2 Å². The third kappa shape index (κ3) is 4.71. The van der Waals surface area contributed by atoms with E-state index in [0.717, 1.165) is 11.3 Å². The van der Waals surface area contributed by atoms with Crippen molar-refractivity contribution in [1.29, 1.82) is 0 Å². The second kappa shape index (κ2) is 8.17. The summed E-state index contributed by atoms with van der Waals surface area (Å²) in [6.45, 7) is 7.68. The Hall–Kier alpha value is -2.56. The van der Waals surface area contributed by atoms with Crippen molar-refractivity contribution in [3.8, 4) is 0 Å².